The van der Waals surface area contributed by atoms with Crippen LogP contribution in [0.25, 0.3) is 5.78 Å². The number of benzene rings is 2. The lowest BCUT2D eigenvalue weighted by molar-refractivity contribution is 0.541. The molecule has 0 saturated carbocycles. The lowest BCUT2D eigenvalue weighted by atomic mass is 10.1. The lowest BCUT2D eigenvalue weighted by Gasteiger charge is -2.42. The molecule has 0 N–H and O–H groups in total. The number of anilines is 2. The van der Waals surface area contributed by atoms with Crippen LogP contribution >= 0.6 is 0 Å². The largest absolute Gasteiger partial charge is 0.365 e. The monoisotopic (exact) mass is 452 g/mol. The Labute approximate surface area is 201 Å². The molecule has 1 aliphatic carbocycles. The van der Waals surface area contributed by atoms with Crippen LogP contribution in [0.2, 0.25) is 0 Å². The third-order valence-electron chi connectivity index (χ3n) is 7.27. The van der Waals surface area contributed by atoms with Crippen molar-refractivity contribution in [1.29, 1.82) is 0 Å². The van der Waals surface area contributed by atoms with Crippen LogP contribution in [0.15, 0.2) is 48.5 Å². The number of fused-ring (bicyclic) bond motifs is 2. The zero-order chi connectivity index (χ0) is 23.2. The molecule has 6 heteroatoms. The summed E-state index contributed by atoms with van der Waals surface area (Å²) in [5, 5.41) is 4.98. The van der Waals surface area contributed by atoms with Gasteiger partial charge in [0.05, 0.1) is 5.69 Å². The maximum Gasteiger partial charge on any atom is 0.254 e. The molecule has 6 rings (SSSR count). The third kappa shape index (κ3) is 3.81. The molecule has 2 aromatic carbocycles. The molecule has 0 unspecified atom stereocenters. The van der Waals surface area contributed by atoms with E-state index < -0.39 is 0 Å². The van der Waals surface area contributed by atoms with E-state index in [4.69, 9.17) is 15.1 Å². The molecule has 174 valence electrons. The summed E-state index contributed by atoms with van der Waals surface area (Å²) < 4.78 is 2.03. The van der Waals surface area contributed by atoms with E-state index in [-0.39, 0.29) is 0 Å². The van der Waals surface area contributed by atoms with E-state index in [1.165, 1.54) is 39.5 Å². The minimum Gasteiger partial charge on any atom is -0.365 e. The normalized spacial score (nSPS) is 18.0. The zero-order valence-corrected chi connectivity index (χ0v) is 20.3. The summed E-state index contributed by atoms with van der Waals surface area (Å²) in [6.45, 7) is 9.54. The quantitative estimate of drug-likeness (QED) is 0.455. The maximum atomic E-state index is 4.98. The Hall–Kier alpha value is -3.41. The first-order chi connectivity index (χ1) is 16.5. The highest BCUT2D eigenvalue weighted by Gasteiger charge is 2.30. The predicted octanol–water partition coefficient (Wildman–Crippen LogP) is 4.54. The van der Waals surface area contributed by atoms with Crippen LogP contribution in [0.5, 0.6) is 0 Å². The molecule has 1 aliphatic heterocycles. The standard InChI is InChI=1S/C28H32N6/c1-19-10-12-22(13-11-19)17-26-30-28-29-25-9-5-8-24(25)27(34(28)31-26)32-14-15-33(21(3)18-32)23-7-4-6-20(2)16-23/h4,6-7,10-13,16,21H,5,8-9,14-15,17-18H2,1-3H3/t21-/m0/s1. The Bertz CT molecular complexity index is 1340. The predicted molar refractivity (Wildman–Crippen MR) is 137 cm³/mol. The van der Waals surface area contributed by atoms with Crippen LogP contribution < -0.4 is 9.80 Å². The van der Waals surface area contributed by atoms with Gasteiger partial charge >= 0.3 is 0 Å². The fraction of sp³-hybridized carbons (Fsp3) is 0.393. The van der Waals surface area contributed by atoms with Crippen LogP contribution in [0.3, 0.4) is 0 Å². The molecule has 0 amide bonds. The molecule has 0 spiro atoms. The molecule has 1 atom stereocenters. The number of aryl methyl sites for hydroxylation is 3. The van der Waals surface area contributed by atoms with Crippen molar-refractivity contribution in [2.75, 3.05) is 29.4 Å². The summed E-state index contributed by atoms with van der Waals surface area (Å²) in [5.74, 6) is 2.80. The topological polar surface area (TPSA) is 49.6 Å². The Kier molecular flexibility index (Phi) is 5.24. The maximum absolute atomic E-state index is 4.98. The molecular weight excluding hydrogens is 420 g/mol. The molecule has 6 nitrogen and oxygen atoms in total. The second kappa shape index (κ2) is 8.42. The van der Waals surface area contributed by atoms with Gasteiger partial charge < -0.3 is 9.80 Å². The second-order valence-electron chi connectivity index (χ2n) is 9.94. The molecule has 2 aliphatic rings. The van der Waals surface area contributed by atoms with Crippen molar-refractivity contribution in [2.45, 2.75) is 52.5 Å². The van der Waals surface area contributed by atoms with E-state index >= 15 is 0 Å². The Balaban J connectivity index is 1.33. The highest BCUT2D eigenvalue weighted by Crippen LogP contribution is 2.33. The zero-order valence-electron chi connectivity index (χ0n) is 20.3. The first kappa shape index (κ1) is 21.1. The molecule has 2 aromatic heterocycles. The third-order valence-corrected chi connectivity index (χ3v) is 7.27. The Morgan fingerprint density at radius 2 is 1.79 bits per heavy atom. The average Bonchev–Trinajstić information content (AvgIpc) is 3.45. The van der Waals surface area contributed by atoms with Gasteiger partial charge in [-0.05, 0) is 63.3 Å². The Morgan fingerprint density at radius 3 is 2.59 bits per heavy atom. The van der Waals surface area contributed by atoms with Crippen molar-refractivity contribution < 1.29 is 0 Å². The van der Waals surface area contributed by atoms with Crippen molar-refractivity contribution in [3.05, 3.63) is 82.3 Å². The van der Waals surface area contributed by atoms with Crippen LogP contribution in [-0.4, -0.2) is 45.3 Å². The van der Waals surface area contributed by atoms with Gasteiger partial charge in [-0.3, -0.25) is 0 Å². The number of hydrogen-bond donors (Lipinski definition) is 0. The van der Waals surface area contributed by atoms with E-state index in [0.29, 0.717) is 6.04 Å². The number of nitrogens with zero attached hydrogens (tertiary/aromatic N) is 6. The van der Waals surface area contributed by atoms with Gasteiger partial charge in [-0.15, -0.1) is 5.10 Å². The fourth-order valence-electron chi connectivity index (χ4n) is 5.53. The average molecular weight is 453 g/mol. The molecule has 4 aromatic rings. The van der Waals surface area contributed by atoms with Crippen LogP contribution in [0.4, 0.5) is 11.5 Å². The van der Waals surface area contributed by atoms with Gasteiger partial charge in [0.2, 0.25) is 0 Å². The summed E-state index contributed by atoms with van der Waals surface area (Å²) in [6.07, 6.45) is 4.01. The van der Waals surface area contributed by atoms with Gasteiger partial charge in [-0.25, -0.2) is 4.98 Å². The van der Waals surface area contributed by atoms with Gasteiger partial charge in [0.25, 0.3) is 5.78 Å². The first-order valence-electron chi connectivity index (χ1n) is 12.5. The van der Waals surface area contributed by atoms with E-state index in [1.54, 1.807) is 0 Å². The number of hydrogen-bond acceptors (Lipinski definition) is 5. The molecular formula is C28H32N6. The van der Waals surface area contributed by atoms with E-state index in [0.717, 1.165) is 56.9 Å². The van der Waals surface area contributed by atoms with Crippen molar-refractivity contribution in [3.8, 4) is 0 Å². The van der Waals surface area contributed by atoms with Gasteiger partial charge in [0, 0.05) is 43.3 Å². The molecule has 34 heavy (non-hydrogen) atoms. The highest BCUT2D eigenvalue weighted by atomic mass is 15.4. The number of rotatable bonds is 4. The van der Waals surface area contributed by atoms with Gasteiger partial charge in [0.1, 0.15) is 5.82 Å². The first-order valence-corrected chi connectivity index (χ1v) is 12.5. The minimum atomic E-state index is 0.409. The smallest absolute Gasteiger partial charge is 0.254 e. The van der Waals surface area contributed by atoms with Gasteiger partial charge in [0.15, 0.2) is 5.82 Å². The fourth-order valence-corrected chi connectivity index (χ4v) is 5.53. The number of piperazine rings is 1. The van der Waals surface area contributed by atoms with Crippen molar-refractivity contribution in [3.63, 3.8) is 0 Å². The molecule has 0 radical (unpaired) electrons. The minimum absolute atomic E-state index is 0.409. The summed E-state index contributed by atoms with van der Waals surface area (Å²) in [4.78, 5) is 14.9. The molecule has 1 saturated heterocycles. The second-order valence-corrected chi connectivity index (χ2v) is 9.94. The Morgan fingerprint density at radius 1 is 0.941 bits per heavy atom. The van der Waals surface area contributed by atoms with Gasteiger partial charge in [-0.2, -0.15) is 9.50 Å². The van der Waals surface area contributed by atoms with Crippen LogP contribution in [0.1, 0.15) is 47.1 Å². The number of aromatic nitrogens is 4. The van der Waals surface area contributed by atoms with E-state index in [1.807, 2.05) is 4.52 Å². The van der Waals surface area contributed by atoms with Crippen LogP contribution in [0, 0.1) is 13.8 Å². The summed E-state index contributed by atoms with van der Waals surface area (Å²) in [6, 6.07) is 17.9. The SMILES string of the molecule is Cc1ccc(Cc2nc3nc4c(c(N5CCN(c6cccc(C)c6)[C@@H](C)C5)n3n2)CCC4)cc1. The van der Waals surface area contributed by atoms with Crippen molar-refractivity contribution in [2.24, 2.45) is 0 Å². The summed E-state index contributed by atoms with van der Waals surface area (Å²) in [5.41, 5.74) is 7.71. The van der Waals surface area contributed by atoms with Gasteiger partial charge in [-0.1, -0.05) is 42.0 Å². The molecule has 0 bridgehead atoms. The lowest BCUT2D eigenvalue weighted by Crippen LogP contribution is -2.53. The molecule has 3 heterocycles. The van der Waals surface area contributed by atoms with E-state index in [9.17, 15) is 0 Å². The van der Waals surface area contributed by atoms with Crippen LogP contribution in [-0.2, 0) is 19.3 Å². The molecule has 1 fully saturated rings. The highest BCUT2D eigenvalue weighted by molar-refractivity contribution is 5.59. The summed E-state index contributed by atoms with van der Waals surface area (Å²) >= 11 is 0. The van der Waals surface area contributed by atoms with E-state index in [2.05, 4.69) is 79.1 Å². The summed E-state index contributed by atoms with van der Waals surface area (Å²) in [7, 11) is 0. The van der Waals surface area contributed by atoms with Crippen molar-refractivity contribution >= 4 is 17.3 Å². The van der Waals surface area contributed by atoms with Crippen molar-refractivity contribution in [1.82, 2.24) is 19.6 Å².